The van der Waals surface area contributed by atoms with Gasteiger partial charge in [0.1, 0.15) is 0 Å². The number of hydrogen-bond donors (Lipinski definition) is 3. The number of anilines is 1. The van der Waals surface area contributed by atoms with E-state index in [0.29, 0.717) is 13.1 Å². The molecule has 0 spiro atoms. The summed E-state index contributed by atoms with van der Waals surface area (Å²) >= 11 is 0. The lowest BCUT2D eigenvalue weighted by Crippen LogP contribution is -2.43. The van der Waals surface area contributed by atoms with E-state index < -0.39 is 0 Å². The van der Waals surface area contributed by atoms with Gasteiger partial charge in [0.15, 0.2) is 0 Å². The number of H-pyrrole nitrogens is 2. The molecule has 0 radical (unpaired) electrons. The number of benzene rings is 2. The number of fused-ring (bicyclic) bond motifs is 2. The van der Waals surface area contributed by atoms with Gasteiger partial charge >= 0.3 is 0 Å². The third-order valence-corrected chi connectivity index (χ3v) is 6.09. The molecule has 1 aliphatic rings. The maximum Gasteiger partial charge on any atom is 0.224 e. The van der Waals surface area contributed by atoms with E-state index in [0.717, 1.165) is 48.3 Å². The summed E-state index contributed by atoms with van der Waals surface area (Å²) in [6.07, 6.45) is 4.79. The van der Waals surface area contributed by atoms with Crippen molar-refractivity contribution in [2.45, 2.75) is 26.2 Å². The smallest absolute Gasteiger partial charge is 0.224 e. The molecule has 0 bridgehead atoms. The van der Waals surface area contributed by atoms with Crippen LogP contribution in [0.3, 0.4) is 0 Å². The van der Waals surface area contributed by atoms with Crippen LogP contribution in [0.25, 0.3) is 21.9 Å². The summed E-state index contributed by atoms with van der Waals surface area (Å²) in [4.78, 5) is 26.5. The molecule has 6 heteroatoms. The molecule has 3 heterocycles. The van der Waals surface area contributed by atoms with Gasteiger partial charge in [-0.2, -0.15) is 0 Å². The average molecular weight is 402 g/mol. The number of nitrogens with zero attached hydrogens (tertiary/aromatic N) is 2. The van der Waals surface area contributed by atoms with Crippen molar-refractivity contribution >= 4 is 33.8 Å². The Hall–Kier alpha value is -3.28. The minimum absolute atomic E-state index is 0.00309. The number of aromatic amines is 2. The van der Waals surface area contributed by atoms with E-state index in [2.05, 4.69) is 51.4 Å². The Balaban J connectivity index is 1.20. The monoisotopic (exact) mass is 401 g/mol. The predicted molar refractivity (Wildman–Crippen MR) is 121 cm³/mol. The molecule has 1 unspecified atom stereocenters. The fourth-order valence-electron chi connectivity index (χ4n) is 4.45. The summed E-state index contributed by atoms with van der Waals surface area (Å²) < 4.78 is 0. The largest absolute Gasteiger partial charge is 0.361 e. The molecule has 2 aromatic carbocycles. The Bertz CT molecular complexity index is 1190. The zero-order valence-electron chi connectivity index (χ0n) is 17.2. The van der Waals surface area contributed by atoms with E-state index in [1.807, 2.05) is 24.4 Å². The van der Waals surface area contributed by atoms with E-state index in [4.69, 9.17) is 4.98 Å². The van der Waals surface area contributed by atoms with E-state index in [9.17, 15) is 4.79 Å². The second-order valence-corrected chi connectivity index (χ2v) is 8.27. The minimum atomic E-state index is -0.00309. The van der Waals surface area contributed by atoms with E-state index in [1.165, 1.54) is 16.5 Å². The van der Waals surface area contributed by atoms with Gasteiger partial charge < -0.3 is 20.2 Å². The first-order valence-electron chi connectivity index (χ1n) is 10.7. The van der Waals surface area contributed by atoms with Crippen LogP contribution in [-0.4, -0.2) is 40.5 Å². The van der Waals surface area contributed by atoms with E-state index in [-0.39, 0.29) is 11.8 Å². The fraction of sp³-hybridized carbons (Fsp3) is 0.333. The highest BCUT2D eigenvalue weighted by Gasteiger charge is 2.27. The number of amides is 1. The first-order chi connectivity index (χ1) is 14.7. The molecule has 154 valence electrons. The quantitative estimate of drug-likeness (QED) is 0.474. The molecule has 0 aliphatic carbocycles. The van der Waals surface area contributed by atoms with Crippen LogP contribution in [-0.2, 0) is 11.2 Å². The van der Waals surface area contributed by atoms with Crippen molar-refractivity contribution in [2.24, 2.45) is 5.92 Å². The molecule has 1 atom stereocenters. The zero-order chi connectivity index (χ0) is 20.5. The maximum atomic E-state index is 12.8. The highest BCUT2D eigenvalue weighted by molar-refractivity contribution is 5.83. The minimum Gasteiger partial charge on any atom is -0.361 e. The molecule has 0 saturated carbocycles. The normalized spacial score (nSPS) is 17.0. The van der Waals surface area contributed by atoms with Crippen molar-refractivity contribution in [1.82, 2.24) is 20.3 Å². The third kappa shape index (κ3) is 3.65. The summed E-state index contributed by atoms with van der Waals surface area (Å²) in [6, 6.07) is 14.5. The number of rotatable bonds is 5. The van der Waals surface area contributed by atoms with Crippen molar-refractivity contribution in [3.05, 3.63) is 59.8 Å². The number of aromatic nitrogens is 3. The topological polar surface area (TPSA) is 76.8 Å². The molecule has 1 fully saturated rings. The Labute approximate surface area is 175 Å². The molecule has 5 rings (SSSR count). The first kappa shape index (κ1) is 18.7. The molecular formula is C24H27N5O. The highest BCUT2D eigenvalue weighted by atomic mass is 16.1. The van der Waals surface area contributed by atoms with Crippen molar-refractivity contribution < 1.29 is 4.79 Å². The standard InChI is InChI=1S/C24H27N5O/c1-16-8-9-21-22(13-16)28-24(27-21)29-12-4-5-18(15-29)23(30)25-11-10-17-14-26-20-7-3-2-6-19(17)20/h2-3,6-9,13-14,18,26H,4-5,10-12,15H2,1H3,(H,25,30)(H,27,28). The Morgan fingerprint density at radius 1 is 1.23 bits per heavy atom. The van der Waals surface area contributed by atoms with Gasteiger partial charge in [0.25, 0.3) is 0 Å². The highest BCUT2D eigenvalue weighted by Crippen LogP contribution is 2.24. The van der Waals surface area contributed by atoms with Crippen LogP contribution in [0.4, 0.5) is 5.95 Å². The van der Waals surface area contributed by atoms with Gasteiger partial charge in [-0.25, -0.2) is 4.98 Å². The Morgan fingerprint density at radius 2 is 2.13 bits per heavy atom. The number of hydrogen-bond acceptors (Lipinski definition) is 3. The zero-order valence-corrected chi connectivity index (χ0v) is 17.2. The molecule has 1 aliphatic heterocycles. The molecule has 6 nitrogen and oxygen atoms in total. The lowest BCUT2D eigenvalue weighted by molar-refractivity contribution is -0.125. The molecular weight excluding hydrogens is 374 g/mol. The third-order valence-electron chi connectivity index (χ3n) is 6.09. The summed E-state index contributed by atoms with van der Waals surface area (Å²) in [6.45, 7) is 4.37. The predicted octanol–water partition coefficient (Wildman–Crippen LogP) is 3.93. The lowest BCUT2D eigenvalue weighted by atomic mass is 9.97. The van der Waals surface area contributed by atoms with Gasteiger partial charge in [-0.05, 0) is 55.5 Å². The van der Waals surface area contributed by atoms with Gasteiger partial charge in [-0.3, -0.25) is 4.79 Å². The molecule has 2 aromatic heterocycles. The number of para-hydroxylation sites is 1. The summed E-state index contributed by atoms with van der Waals surface area (Å²) in [7, 11) is 0. The van der Waals surface area contributed by atoms with Gasteiger partial charge in [0.2, 0.25) is 11.9 Å². The number of imidazole rings is 1. The lowest BCUT2D eigenvalue weighted by Gasteiger charge is -2.31. The van der Waals surface area contributed by atoms with Crippen molar-refractivity contribution in [3.63, 3.8) is 0 Å². The molecule has 30 heavy (non-hydrogen) atoms. The van der Waals surface area contributed by atoms with Crippen molar-refractivity contribution in [1.29, 1.82) is 0 Å². The number of aryl methyl sites for hydroxylation is 1. The van der Waals surface area contributed by atoms with Gasteiger partial charge in [-0.15, -0.1) is 0 Å². The van der Waals surface area contributed by atoms with Crippen LogP contribution < -0.4 is 10.2 Å². The van der Waals surface area contributed by atoms with Crippen LogP contribution in [0.15, 0.2) is 48.7 Å². The van der Waals surface area contributed by atoms with Crippen LogP contribution >= 0.6 is 0 Å². The fourth-order valence-corrected chi connectivity index (χ4v) is 4.45. The van der Waals surface area contributed by atoms with E-state index >= 15 is 0 Å². The van der Waals surface area contributed by atoms with Gasteiger partial charge in [0, 0.05) is 36.7 Å². The second kappa shape index (κ2) is 7.86. The van der Waals surface area contributed by atoms with Gasteiger partial charge in [0.05, 0.1) is 17.0 Å². The van der Waals surface area contributed by atoms with Crippen molar-refractivity contribution in [2.75, 3.05) is 24.5 Å². The van der Waals surface area contributed by atoms with Crippen LogP contribution in [0.1, 0.15) is 24.0 Å². The number of nitrogens with one attached hydrogen (secondary N) is 3. The molecule has 3 N–H and O–H groups in total. The summed E-state index contributed by atoms with van der Waals surface area (Å²) in [5.74, 6) is 1.01. The number of carbonyl (C=O) groups is 1. The summed E-state index contributed by atoms with van der Waals surface area (Å²) in [5.41, 5.74) is 5.62. The average Bonchev–Trinajstić information content (AvgIpc) is 3.38. The molecule has 4 aromatic rings. The second-order valence-electron chi connectivity index (χ2n) is 8.27. The van der Waals surface area contributed by atoms with Crippen LogP contribution in [0, 0.1) is 12.8 Å². The molecule has 1 amide bonds. The molecule has 1 saturated heterocycles. The summed E-state index contributed by atoms with van der Waals surface area (Å²) in [5, 5.41) is 4.38. The Morgan fingerprint density at radius 3 is 3.07 bits per heavy atom. The number of carbonyl (C=O) groups excluding carboxylic acids is 1. The van der Waals surface area contributed by atoms with Crippen molar-refractivity contribution in [3.8, 4) is 0 Å². The van der Waals surface area contributed by atoms with E-state index in [1.54, 1.807) is 0 Å². The first-order valence-corrected chi connectivity index (χ1v) is 10.7. The van der Waals surface area contributed by atoms with Crippen LogP contribution in [0.2, 0.25) is 0 Å². The number of piperidine rings is 1. The van der Waals surface area contributed by atoms with Gasteiger partial charge in [-0.1, -0.05) is 24.3 Å². The Kier molecular flexibility index (Phi) is 4.91. The maximum absolute atomic E-state index is 12.8. The SMILES string of the molecule is Cc1ccc2nc(N3CCCC(C(=O)NCCc4c[nH]c5ccccc45)C3)[nH]c2c1. The van der Waals surface area contributed by atoms with Crippen LogP contribution in [0.5, 0.6) is 0 Å².